The maximum atomic E-state index is 13.3. The van der Waals surface area contributed by atoms with Crippen LogP contribution in [0, 0.1) is 11.6 Å². The van der Waals surface area contributed by atoms with Gasteiger partial charge in [0.05, 0.1) is 5.69 Å². The first-order chi connectivity index (χ1) is 12.6. The van der Waals surface area contributed by atoms with Gasteiger partial charge in [0.1, 0.15) is 6.33 Å². The van der Waals surface area contributed by atoms with Crippen LogP contribution in [0.15, 0.2) is 60.9 Å². The van der Waals surface area contributed by atoms with E-state index in [1.165, 1.54) is 12.4 Å². The van der Waals surface area contributed by atoms with Crippen LogP contribution in [0.5, 0.6) is 0 Å². The van der Waals surface area contributed by atoms with Crippen LogP contribution in [0.25, 0.3) is 16.9 Å². The SMILES string of the molecule is O=C(Nc1cccc(-c2ccc3nncn3n2)c1)c1ccc(F)c(F)c1. The van der Waals surface area contributed by atoms with Crippen molar-refractivity contribution in [3.63, 3.8) is 0 Å². The largest absolute Gasteiger partial charge is 0.322 e. The van der Waals surface area contributed by atoms with E-state index >= 15 is 0 Å². The van der Waals surface area contributed by atoms with E-state index in [1.807, 2.05) is 6.07 Å². The molecule has 26 heavy (non-hydrogen) atoms. The Morgan fingerprint density at radius 2 is 1.88 bits per heavy atom. The van der Waals surface area contributed by atoms with Gasteiger partial charge < -0.3 is 5.32 Å². The topological polar surface area (TPSA) is 72.2 Å². The lowest BCUT2D eigenvalue weighted by molar-refractivity contribution is 0.102. The van der Waals surface area contributed by atoms with Crippen molar-refractivity contribution in [2.24, 2.45) is 0 Å². The van der Waals surface area contributed by atoms with Crippen molar-refractivity contribution in [1.29, 1.82) is 0 Å². The number of anilines is 1. The minimum atomic E-state index is -1.07. The number of carbonyl (C=O) groups is 1. The van der Waals surface area contributed by atoms with Gasteiger partial charge in [-0.15, -0.1) is 10.2 Å². The number of hydrogen-bond donors (Lipinski definition) is 1. The fourth-order valence-electron chi connectivity index (χ4n) is 2.48. The summed E-state index contributed by atoms with van der Waals surface area (Å²) >= 11 is 0. The normalized spacial score (nSPS) is 10.8. The van der Waals surface area contributed by atoms with Gasteiger partial charge in [-0.2, -0.15) is 9.61 Å². The van der Waals surface area contributed by atoms with E-state index in [9.17, 15) is 13.6 Å². The molecule has 0 atom stereocenters. The van der Waals surface area contributed by atoms with Gasteiger partial charge in [-0.3, -0.25) is 4.79 Å². The summed E-state index contributed by atoms with van der Waals surface area (Å²) in [5, 5.41) is 14.7. The average Bonchev–Trinajstić information content (AvgIpc) is 3.12. The molecule has 0 spiro atoms. The highest BCUT2D eigenvalue weighted by Crippen LogP contribution is 2.21. The molecule has 4 aromatic rings. The smallest absolute Gasteiger partial charge is 0.255 e. The van der Waals surface area contributed by atoms with Crippen LogP contribution in [-0.4, -0.2) is 25.7 Å². The highest BCUT2D eigenvalue weighted by molar-refractivity contribution is 6.04. The molecule has 0 aliphatic carbocycles. The van der Waals surface area contributed by atoms with Gasteiger partial charge in [0.2, 0.25) is 0 Å². The average molecular weight is 351 g/mol. The number of fused-ring (bicyclic) bond motifs is 1. The number of nitrogens with zero attached hydrogens (tertiary/aromatic N) is 4. The molecular formula is C18H11F2N5O. The summed E-state index contributed by atoms with van der Waals surface area (Å²) in [6.07, 6.45) is 1.49. The number of halogens is 2. The second-order valence-corrected chi connectivity index (χ2v) is 5.52. The van der Waals surface area contributed by atoms with Gasteiger partial charge in [0.25, 0.3) is 5.91 Å². The minimum Gasteiger partial charge on any atom is -0.322 e. The molecule has 8 heteroatoms. The summed E-state index contributed by atoms with van der Waals surface area (Å²) in [4.78, 5) is 12.2. The number of carbonyl (C=O) groups excluding carboxylic acids is 1. The summed E-state index contributed by atoms with van der Waals surface area (Å²) in [6, 6.07) is 13.6. The van der Waals surface area contributed by atoms with Crippen molar-refractivity contribution < 1.29 is 13.6 Å². The molecular weight excluding hydrogens is 340 g/mol. The highest BCUT2D eigenvalue weighted by Gasteiger charge is 2.11. The van der Waals surface area contributed by atoms with Gasteiger partial charge in [-0.1, -0.05) is 12.1 Å². The second kappa shape index (κ2) is 6.32. The maximum absolute atomic E-state index is 13.3. The Morgan fingerprint density at radius 1 is 1.00 bits per heavy atom. The first-order valence-corrected chi connectivity index (χ1v) is 7.64. The predicted molar refractivity (Wildman–Crippen MR) is 90.5 cm³/mol. The molecule has 0 saturated carbocycles. The van der Waals surface area contributed by atoms with E-state index in [0.717, 1.165) is 17.7 Å². The third kappa shape index (κ3) is 3.00. The quantitative estimate of drug-likeness (QED) is 0.615. The van der Waals surface area contributed by atoms with Crippen LogP contribution in [0.2, 0.25) is 0 Å². The molecule has 0 radical (unpaired) electrons. The van der Waals surface area contributed by atoms with Crippen LogP contribution in [0.3, 0.4) is 0 Å². The van der Waals surface area contributed by atoms with E-state index in [4.69, 9.17) is 0 Å². The summed E-state index contributed by atoms with van der Waals surface area (Å²) in [7, 11) is 0. The number of amides is 1. The van der Waals surface area contributed by atoms with Crippen molar-refractivity contribution in [2.45, 2.75) is 0 Å². The first kappa shape index (κ1) is 15.8. The second-order valence-electron chi connectivity index (χ2n) is 5.52. The van der Waals surface area contributed by atoms with Crippen LogP contribution in [0.4, 0.5) is 14.5 Å². The molecule has 0 aliphatic heterocycles. The summed E-state index contributed by atoms with van der Waals surface area (Å²) in [5.74, 6) is -2.61. The molecule has 0 bridgehead atoms. The Bertz CT molecular complexity index is 1130. The third-order valence-corrected chi connectivity index (χ3v) is 3.76. The van der Waals surface area contributed by atoms with Crippen molar-refractivity contribution in [1.82, 2.24) is 19.8 Å². The first-order valence-electron chi connectivity index (χ1n) is 7.64. The third-order valence-electron chi connectivity index (χ3n) is 3.76. The number of aromatic nitrogens is 4. The van der Waals surface area contributed by atoms with Gasteiger partial charge in [-0.25, -0.2) is 8.78 Å². The number of rotatable bonds is 3. The molecule has 0 aliphatic rings. The maximum Gasteiger partial charge on any atom is 0.255 e. The van der Waals surface area contributed by atoms with E-state index in [-0.39, 0.29) is 5.56 Å². The number of nitrogens with one attached hydrogen (secondary N) is 1. The van der Waals surface area contributed by atoms with Crippen LogP contribution in [-0.2, 0) is 0 Å². The van der Waals surface area contributed by atoms with Gasteiger partial charge >= 0.3 is 0 Å². The van der Waals surface area contributed by atoms with Gasteiger partial charge in [0.15, 0.2) is 17.3 Å². The van der Waals surface area contributed by atoms with Crippen molar-refractivity contribution >= 4 is 17.2 Å². The molecule has 0 fully saturated rings. The fraction of sp³-hybridized carbons (Fsp3) is 0. The fourth-order valence-corrected chi connectivity index (χ4v) is 2.48. The molecule has 0 saturated heterocycles. The zero-order valence-corrected chi connectivity index (χ0v) is 13.2. The van der Waals surface area contributed by atoms with Gasteiger partial charge in [-0.05, 0) is 42.5 Å². The van der Waals surface area contributed by atoms with Crippen LogP contribution < -0.4 is 5.32 Å². The van der Waals surface area contributed by atoms with Crippen LogP contribution >= 0.6 is 0 Å². The molecule has 128 valence electrons. The Hall–Kier alpha value is -3.68. The van der Waals surface area contributed by atoms with E-state index in [2.05, 4.69) is 20.6 Å². The highest BCUT2D eigenvalue weighted by atomic mass is 19.2. The van der Waals surface area contributed by atoms with Gasteiger partial charge in [0, 0.05) is 16.8 Å². The standard InChI is InChI=1S/C18H11F2N5O/c19-14-5-4-12(9-15(14)20)18(26)22-13-3-1-2-11(8-13)16-6-7-17-23-21-10-25(17)24-16/h1-10H,(H,22,26). The zero-order valence-electron chi connectivity index (χ0n) is 13.2. The molecule has 1 N–H and O–H groups in total. The Balaban J connectivity index is 1.60. The monoisotopic (exact) mass is 351 g/mol. The molecule has 0 unspecified atom stereocenters. The lowest BCUT2D eigenvalue weighted by atomic mass is 10.1. The van der Waals surface area contributed by atoms with Crippen LogP contribution in [0.1, 0.15) is 10.4 Å². The predicted octanol–water partition coefficient (Wildman–Crippen LogP) is 3.32. The lowest BCUT2D eigenvalue weighted by Crippen LogP contribution is -2.12. The van der Waals surface area contributed by atoms with E-state index < -0.39 is 17.5 Å². The Morgan fingerprint density at radius 3 is 2.73 bits per heavy atom. The Kier molecular flexibility index (Phi) is 3.85. The molecule has 6 nitrogen and oxygen atoms in total. The van der Waals surface area contributed by atoms with Crippen molar-refractivity contribution in [3.05, 3.63) is 78.1 Å². The number of hydrogen-bond acceptors (Lipinski definition) is 4. The minimum absolute atomic E-state index is 0.0262. The zero-order chi connectivity index (χ0) is 18.1. The molecule has 2 aromatic heterocycles. The molecule has 1 amide bonds. The van der Waals surface area contributed by atoms with Crippen molar-refractivity contribution in [2.75, 3.05) is 5.32 Å². The number of benzene rings is 2. The summed E-state index contributed by atoms with van der Waals surface area (Å²) < 4.78 is 27.8. The molecule has 2 heterocycles. The van der Waals surface area contributed by atoms with E-state index in [0.29, 0.717) is 17.0 Å². The summed E-state index contributed by atoms with van der Waals surface area (Å²) in [5.41, 5.74) is 2.59. The molecule has 4 rings (SSSR count). The summed E-state index contributed by atoms with van der Waals surface area (Å²) in [6.45, 7) is 0. The lowest BCUT2D eigenvalue weighted by Gasteiger charge is -2.08. The molecule has 2 aromatic carbocycles. The van der Waals surface area contributed by atoms with Crippen molar-refractivity contribution in [3.8, 4) is 11.3 Å². The van der Waals surface area contributed by atoms with E-state index in [1.54, 1.807) is 34.8 Å². The Labute approximate surface area is 146 Å².